The summed E-state index contributed by atoms with van der Waals surface area (Å²) in [6.07, 6.45) is 6.09. The molecule has 2 N–H and O–H groups in total. The maximum Gasteiger partial charge on any atom is 0.191 e. The van der Waals surface area contributed by atoms with Crippen molar-refractivity contribution in [1.82, 2.24) is 15.6 Å². The lowest BCUT2D eigenvalue weighted by atomic mass is 9.96. The van der Waals surface area contributed by atoms with E-state index in [-0.39, 0.29) is 24.0 Å². The molecular formula is C14H21IN4O. The highest BCUT2D eigenvalue weighted by Gasteiger charge is 2.41. The molecule has 3 heterocycles. The van der Waals surface area contributed by atoms with E-state index in [1.54, 1.807) is 13.2 Å². The standard InChI is InChI=1S/C14H20N4O.HI/c1-15-14(17-9-10-4-2-3-7-16-10)18-12-8-11-5-6-13(12)19-11;/h2-4,7,11-13H,5-6,8-9H2,1H3,(H2,15,17,18);1H. The summed E-state index contributed by atoms with van der Waals surface area (Å²) in [6, 6.07) is 6.31. The zero-order chi connectivity index (χ0) is 13.1. The summed E-state index contributed by atoms with van der Waals surface area (Å²) >= 11 is 0. The van der Waals surface area contributed by atoms with Crippen molar-refractivity contribution in [3.63, 3.8) is 0 Å². The average molecular weight is 388 g/mol. The van der Waals surface area contributed by atoms with Crippen LogP contribution in [-0.2, 0) is 11.3 Å². The van der Waals surface area contributed by atoms with Crippen molar-refractivity contribution >= 4 is 29.9 Å². The van der Waals surface area contributed by atoms with Gasteiger partial charge in [0.05, 0.1) is 30.5 Å². The van der Waals surface area contributed by atoms with Crippen LogP contribution in [0.15, 0.2) is 29.4 Å². The van der Waals surface area contributed by atoms with Gasteiger partial charge in [0.2, 0.25) is 0 Å². The van der Waals surface area contributed by atoms with E-state index in [2.05, 4.69) is 20.6 Å². The minimum absolute atomic E-state index is 0. The number of fused-ring (bicyclic) bond motifs is 2. The van der Waals surface area contributed by atoms with Gasteiger partial charge in [0.15, 0.2) is 5.96 Å². The smallest absolute Gasteiger partial charge is 0.191 e. The molecule has 110 valence electrons. The van der Waals surface area contributed by atoms with Crippen LogP contribution in [0.5, 0.6) is 0 Å². The lowest BCUT2D eigenvalue weighted by molar-refractivity contribution is 0.0992. The quantitative estimate of drug-likeness (QED) is 0.470. The zero-order valence-electron chi connectivity index (χ0n) is 11.6. The van der Waals surface area contributed by atoms with Crippen molar-refractivity contribution in [2.45, 2.75) is 44.1 Å². The molecule has 3 rings (SSSR count). The molecule has 0 aliphatic carbocycles. The van der Waals surface area contributed by atoms with Crippen LogP contribution in [0.4, 0.5) is 0 Å². The van der Waals surface area contributed by atoms with Gasteiger partial charge < -0.3 is 15.4 Å². The Kier molecular flexibility index (Phi) is 5.59. The monoisotopic (exact) mass is 388 g/mol. The molecule has 0 amide bonds. The molecule has 2 fully saturated rings. The van der Waals surface area contributed by atoms with Crippen LogP contribution in [0, 0.1) is 0 Å². The van der Waals surface area contributed by atoms with E-state index in [1.807, 2.05) is 18.2 Å². The van der Waals surface area contributed by atoms with Crippen LogP contribution in [0.1, 0.15) is 25.0 Å². The molecule has 1 aromatic heterocycles. The molecule has 20 heavy (non-hydrogen) atoms. The number of guanidine groups is 1. The van der Waals surface area contributed by atoms with Gasteiger partial charge >= 0.3 is 0 Å². The van der Waals surface area contributed by atoms with E-state index < -0.39 is 0 Å². The summed E-state index contributed by atoms with van der Waals surface area (Å²) in [5, 5.41) is 6.75. The third kappa shape index (κ3) is 3.60. The van der Waals surface area contributed by atoms with E-state index in [4.69, 9.17) is 4.74 Å². The van der Waals surface area contributed by atoms with E-state index in [0.29, 0.717) is 24.8 Å². The Morgan fingerprint density at radius 2 is 2.35 bits per heavy atom. The van der Waals surface area contributed by atoms with E-state index in [1.165, 1.54) is 12.8 Å². The third-order valence-corrected chi connectivity index (χ3v) is 3.81. The number of hydrogen-bond acceptors (Lipinski definition) is 3. The molecule has 1 aromatic rings. The molecule has 2 saturated heterocycles. The number of aliphatic imine (C=N–C) groups is 1. The summed E-state index contributed by atoms with van der Waals surface area (Å²) in [5.74, 6) is 0.826. The maximum atomic E-state index is 5.84. The number of nitrogens with one attached hydrogen (secondary N) is 2. The van der Waals surface area contributed by atoms with Gasteiger partial charge in [0.25, 0.3) is 0 Å². The Morgan fingerprint density at radius 1 is 1.45 bits per heavy atom. The highest BCUT2D eigenvalue weighted by Crippen LogP contribution is 2.34. The van der Waals surface area contributed by atoms with Crippen molar-refractivity contribution in [1.29, 1.82) is 0 Å². The van der Waals surface area contributed by atoms with Crippen LogP contribution in [0.25, 0.3) is 0 Å². The van der Waals surface area contributed by atoms with Crippen LogP contribution < -0.4 is 10.6 Å². The summed E-state index contributed by atoms with van der Waals surface area (Å²) in [4.78, 5) is 8.55. The first kappa shape index (κ1) is 15.5. The molecule has 0 saturated carbocycles. The molecule has 0 aromatic carbocycles. The first-order chi connectivity index (χ1) is 9.35. The fourth-order valence-corrected chi connectivity index (χ4v) is 2.84. The topological polar surface area (TPSA) is 58.5 Å². The SMILES string of the molecule is CN=C(NCc1ccccn1)NC1CC2CCC1O2.I. The average Bonchev–Trinajstić information content (AvgIpc) is 3.07. The summed E-state index contributed by atoms with van der Waals surface area (Å²) < 4.78 is 5.84. The normalized spacial score (nSPS) is 28.1. The molecule has 3 atom stereocenters. The number of nitrogens with zero attached hydrogens (tertiary/aromatic N) is 2. The second-order valence-electron chi connectivity index (χ2n) is 5.11. The number of hydrogen-bond donors (Lipinski definition) is 2. The summed E-state index contributed by atoms with van der Waals surface area (Å²) in [7, 11) is 1.79. The van der Waals surface area contributed by atoms with Crippen LogP contribution in [0.3, 0.4) is 0 Å². The van der Waals surface area contributed by atoms with Gasteiger partial charge in [-0.15, -0.1) is 24.0 Å². The number of halogens is 1. The second kappa shape index (κ2) is 7.21. The highest BCUT2D eigenvalue weighted by molar-refractivity contribution is 14.0. The Hall–Kier alpha value is -0.890. The lowest BCUT2D eigenvalue weighted by Crippen LogP contribution is -2.47. The molecule has 5 nitrogen and oxygen atoms in total. The predicted molar refractivity (Wildman–Crippen MR) is 89.3 cm³/mol. The fourth-order valence-electron chi connectivity index (χ4n) is 2.84. The molecular weight excluding hydrogens is 367 g/mol. The van der Waals surface area contributed by atoms with Gasteiger partial charge in [0, 0.05) is 13.2 Å². The van der Waals surface area contributed by atoms with Gasteiger partial charge in [0.1, 0.15) is 0 Å². The number of rotatable bonds is 3. The molecule has 3 unspecified atom stereocenters. The number of pyridine rings is 1. The van der Waals surface area contributed by atoms with E-state index >= 15 is 0 Å². The van der Waals surface area contributed by atoms with E-state index in [0.717, 1.165) is 18.1 Å². The van der Waals surface area contributed by atoms with Gasteiger partial charge in [-0.2, -0.15) is 0 Å². The third-order valence-electron chi connectivity index (χ3n) is 3.81. The maximum absolute atomic E-state index is 5.84. The Labute approximate surface area is 136 Å². The first-order valence-electron chi connectivity index (χ1n) is 6.87. The molecule has 2 aliphatic rings. The van der Waals surface area contributed by atoms with Crippen LogP contribution in [-0.4, -0.2) is 36.2 Å². The van der Waals surface area contributed by atoms with Gasteiger partial charge in [-0.05, 0) is 31.4 Å². The Bertz CT molecular complexity index is 454. The highest BCUT2D eigenvalue weighted by atomic mass is 127. The molecule has 2 bridgehead atoms. The summed E-state index contributed by atoms with van der Waals surface area (Å²) in [5.41, 5.74) is 1.01. The van der Waals surface area contributed by atoms with Crippen LogP contribution in [0.2, 0.25) is 0 Å². The second-order valence-corrected chi connectivity index (χ2v) is 5.11. The predicted octanol–water partition coefficient (Wildman–Crippen LogP) is 1.68. The van der Waals surface area contributed by atoms with Crippen molar-refractivity contribution in [3.05, 3.63) is 30.1 Å². The molecule has 2 aliphatic heterocycles. The largest absolute Gasteiger partial charge is 0.373 e. The minimum atomic E-state index is 0. The summed E-state index contributed by atoms with van der Waals surface area (Å²) in [6.45, 7) is 0.683. The van der Waals surface area contributed by atoms with Crippen LogP contribution >= 0.6 is 24.0 Å². The number of aromatic nitrogens is 1. The minimum Gasteiger partial charge on any atom is -0.373 e. The zero-order valence-corrected chi connectivity index (χ0v) is 13.9. The van der Waals surface area contributed by atoms with E-state index in [9.17, 15) is 0 Å². The Morgan fingerprint density at radius 3 is 2.95 bits per heavy atom. The molecule has 0 spiro atoms. The number of ether oxygens (including phenoxy) is 1. The van der Waals surface area contributed by atoms with Crippen molar-refractivity contribution in [3.8, 4) is 0 Å². The Balaban J connectivity index is 0.00000147. The fraction of sp³-hybridized carbons (Fsp3) is 0.571. The van der Waals surface area contributed by atoms with Gasteiger partial charge in [-0.1, -0.05) is 6.07 Å². The molecule has 0 radical (unpaired) electrons. The lowest BCUT2D eigenvalue weighted by Gasteiger charge is -2.22. The van der Waals surface area contributed by atoms with Crippen molar-refractivity contribution in [2.75, 3.05) is 7.05 Å². The van der Waals surface area contributed by atoms with Crippen molar-refractivity contribution < 1.29 is 4.74 Å². The van der Waals surface area contributed by atoms with Crippen molar-refractivity contribution in [2.24, 2.45) is 4.99 Å². The van der Waals surface area contributed by atoms with Gasteiger partial charge in [-0.3, -0.25) is 9.98 Å². The molecule has 6 heteroatoms. The first-order valence-corrected chi connectivity index (χ1v) is 6.87. The van der Waals surface area contributed by atoms with Gasteiger partial charge in [-0.25, -0.2) is 0 Å².